The number of aromatic nitrogens is 1. The third-order valence-corrected chi connectivity index (χ3v) is 2.92. The summed E-state index contributed by atoms with van der Waals surface area (Å²) < 4.78 is 18.6. The fourth-order valence-electron chi connectivity index (χ4n) is 1.77. The van der Waals surface area contributed by atoms with Crippen LogP contribution in [0.2, 0.25) is 5.02 Å². The molecule has 1 heterocycles. The molecule has 2 aromatic carbocycles. The molecule has 3 aromatic rings. The van der Waals surface area contributed by atoms with E-state index < -0.39 is 0 Å². The van der Waals surface area contributed by atoms with Crippen molar-refractivity contribution in [3.63, 3.8) is 0 Å². The van der Waals surface area contributed by atoms with Crippen molar-refractivity contribution in [1.29, 1.82) is 0 Å². The second kappa shape index (κ2) is 3.99. The molecule has 0 aliphatic rings. The molecular formula is C13H8ClFN2O. The number of anilines is 1. The highest BCUT2D eigenvalue weighted by molar-refractivity contribution is 6.33. The van der Waals surface area contributed by atoms with Crippen LogP contribution in [0.15, 0.2) is 40.8 Å². The molecule has 0 unspecified atom stereocenters. The monoisotopic (exact) mass is 262 g/mol. The maximum absolute atomic E-state index is 13.1. The van der Waals surface area contributed by atoms with Crippen LogP contribution in [-0.4, -0.2) is 4.98 Å². The fourth-order valence-corrected chi connectivity index (χ4v) is 2.04. The molecule has 0 spiro atoms. The third-order valence-electron chi connectivity index (χ3n) is 2.61. The van der Waals surface area contributed by atoms with Gasteiger partial charge in [0, 0.05) is 11.8 Å². The van der Waals surface area contributed by atoms with Gasteiger partial charge in [-0.05, 0) is 24.3 Å². The van der Waals surface area contributed by atoms with E-state index in [1.54, 1.807) is 18.2 Å². The fraction of sp³-hybridized carbons (Fsp3) is 0. The van der Waals surface area contributed by atoms with Crippen LogP contribution >= 0.6 is 11.6 Å². The minimum Gasteiger partial charge on any atom is -0.436 e. The van der Waals surface area contributed by atoms with Gasteiger partial charge in [0.15, 0.2) is 5.58 Å². The summed E-state index contributed by atoms with van der Waals surface area (Å²) >= 11 is 6.07. The van der Waals surface area contributed by atoms with Crippen LogP contribution in [0.25, 0.3) is 22.6 Å². The number of hydrogen-bond donors (Lipinski definition) is 1. The van der Waals surface area contributed by atoms with Crippen molar-refractivity contribution in [2.24, 2.45) is 0 Å². The van der Waals surface area contributed by atoms with Gasteiger partial charge >= 0.3 is 0 Å². The molecule has 90 valence electrons. The van der Waals surface area contributed by atoms with Gasteiger partial charge in [-0.25, -0.2) is 9.37 Å². The van der Waals surface area contributed by atoms with E-state index in [9.17, 15) is 4.39 Å². The van der Waals surface area contributed by atoms with Gasteiger partial charge in [-0.2, -0.15) is 0 Å². The molecule has 0 amide bonds. The first-order chi connectivity index (χ1) is 8.65. The topological polar surface area (TPSA) is 52.0 Å². The summed E-state index contributed by atoms with van der Waals surface area (Å²) in [6.45, 7) is 0. The first kappa shape index (κ1) is 11.0. The smallest absolute Gasteiger partial charge is 0.230 e. The minimum absolute atomic E-state index is 0.290. The minimum atomic E-state index is -0.366. The number of halogens is 2. The van der Waals surface area contributed by atoms with Gasteiger partial charge in [0.05, 0.1) is 10.6 Å². The molecule has 0 radical (unpaired) electrons. The molecule has 0 bridgehead atoms. The zero-order valence-corrected chi connectivity index (χ0v) is 9.91. The van der Waals surface area contributed by atoms with Crippen LogP contribution in [0.3, 0.4) is 0 Å². The number of oxazole rings is 1. The average molecular weight is 263 g/mol. The van der Waals surface area contributed by atoms with Crippen molar-refractivity contribution < 1.29 is 8.81 Å². The first-order valence-electron chi connectivity index (χ1n) is 5.25. The summed E-state index contributed by atoms with van der Waals surface area (Å²) in [4.78, 5) is 4.19. The number of nitrogens with two attached hydrogens (primary N) is 1. The van der Waals surface area contributed by atoms with Crippen LogP contribution in [0, 0.1) is 5.82 Å². The zero-order chi connectivity index (χ0) is 12.7. The highest BCUT2D eigenvalue weighted by Gasteiger charge is 2.14. The molecule has 0 saturated heterocycles. The third kappa shape index (κ3) is 1.71. The second-order valence-corrected chi connectivity index (χ2v) is 4.24. The number of rotatable bonds is 1. The summed E-state index contributed by atoms with van der Waals surface area (Å²) in [6, 6.07) is 9.28. The summed E-state index contributed by atoms with van der Waals surface area (Å²) in [5, 5.41) is 0.446. The Hall–Kier alpha value is -2.07. The van der Waals surface area contributed by atoms with Crippen molar-refractivity contribution in [1.82, 2.24) is 4.98 Å². The Morgan fingerprint density at radius 1 is 1.22 bits per heavy atom. The summed E-state index contributed by atoms with van der Waals surface area (Å²) in [5.74, 6) is -0.0758. The van der Waals surface area contributed by atoms with Crippen LogP contribution in [-0.2, 0) is 0 Å². The number of benzene rings is 2. The van der Waals surface area contributed by atoms with E-state index in [2.05, 4.69) is 4.98 Å². The van der Waals surface area contributed by atoms with Crippen LogP contribution in [0.5, 0.6) is 0 Å². The lowest BCUT2D eigenvalue weighted by molar-refractivity contribution is 0.614. The van der Waals surface area contributed by atoms with Crippen LogP contribution in [0.1, 0.15) is 0 Å². The lowest BCUT2D eigenvalue weighted by atomic mass is 10.2. The summed E-state index contributed by atoms with van der Waals surface area (Å²) in [5.41, 5.74) is 7.76. The van der Waals surface area contributed by atoms with Crippen LogP contribution < -0.4 is 5.73 Å². The highest BCUT2D eigenvalue weighted by atomic mass is 35.5. The van der Waals surface area contributed by atoms with Gasteiger partial charge in [-0.1, -0.05) is 17.7 Å². The van der Waals surface area contributed by atoms with E-state index in [1.807, 2.05) is 0 Å². The number of fused-ring (bicyclic) bond motifs is 1. The van der Waals surface area contributed by atoms with Crippen molar-refractivity contribution in [3.8, 4) is 11.5 Å². The molecule has 5 heteroatoms. The Balaban J connectivity index is 2.26. The molecule has 0 aliphatic carbocycles. The van der Waals surface area contributed by atoms with E-state index in [0.29, 0.717) is 33.3 Å². The molecule has 3 nitrogen and oxygen atoms in total. The Morgan fingerprint density at radius 2 is 2.06 bits per heavy atom. The number of nitrogens with zero attached hydrogens (tertiary/aromatic N) is 1. The average Bonchev–Trinajstić information content (AvgIpc) is 2.71. The van der Waals surface area contributed by atoms with Crippen LogP contribution in [0.4, 0.5) is 10.1 Å². The summed E-state index contributed by atoms with van der Waals surface area (Å²) in [6.07, 6.45) is 0. The molecule has 18 heavy (non-hydrogen) atoms. The Labute approximate surface area is 107 Å². The predicted molar refractivity (Wildman–Crippen MR) is 68.8 cm³/mol. The molecule has 0 aliphatic heterocycles. The van der Waals surface area contributed by atoms with E-state index in [-0.39, 0.29) is 5.82 Å². The lowest BCUT2D eigenvalue weighted by Crippen LogP contribution is -1.90. The van der Waals surface area contributed by atoms with E-state index >= 15 is 0 Å². The van der Waals surface area contributed by atoms with E-state index in [0.717, 1.165) is 0 Å². The zero-order valence-electron chi connectivity index (χ0n) is 9.15. The van der Waals surface area contributed by atoms with Crippen molar-refractivity contribution >= 4 is 28.4 Å². The molecule has 0 fully saturated rings. The molecule has 0 atom stereocenters. The Bertz CT molecular complexity index is 719. The molecule has 0 saturated carbocycles. The van der Waals surface area contributed by atoms with Gasteiger partial charge in [-0.15, -0.1) is 0 Å². The maximum atomic E-state index is 13.1. The molecule has 1 aromatic heterocycles. The molecule has 3 rings (SSSR count). The normalized spacial score (nSPS) is 11.0. The Kier molecular flexibility index (Phi) is 2.45. The first-order valence-corrected chi connectivity index (χ1v) is 5.63. The molecular weight excluding hydrogens is 255 g/mol. The van der Waals surface area contributed by atoms with E-state index in [1.165, 1.54) is 18.2 Å². The lowest BCUT2D eigenvalue weighted by Gasteiger charge is -2.02. The highest BCUT2D eigenvalue weighted by Crippen LogP contribution is 2.34. The van der Waals surface area contributed by atoms with Gasteiger partial charge in [0.25, 0.3) is 0 Å². The molecule has 2 N–H and O–H groups in total. The van der Waals surface area contributed by atoms with Crippen molar-refractivity contribution in [2.75, 3.05) is 5.73 Å². The van der Waals surface area contributed by atoms with Gasteiger partial charge in [0.2, 0.25) is 5.89 Å². The number of hydrogen-bond acceptors (Lipinski definition) is 3. The van der Waals surface area contributed by atoms with Gasteiger partial charge in [-0.3, -0.25) is 0 Å². The van der Waals surface area contributed by atoms with E-state index in [4.69, 9.17) is 21.8 Å². The maximum Gasteiger partial charge on any atom is 0.230 e. The Morgan fingerprint density at radius 3 is 2.83 bits per heavy atom. The quantitative estimate of drug-likeness (QED) is 0.677. The van der Waals surface area contributed by atoms with Gasteiger partial charge in [0.1, 0.15) is 11.3 Å². The number of nitrogen functional groups attached to an aromatic ring is 1. The van der Waals surface area contributed by atoms with Crippen molar-refractivity contribution in [3.05, 3.63) is 47.2 Å². The summed E-state index contributed by atoms with van der Waals surface area (Å²) in [7, 11) is 0. The standard InChI is InChI=1S/C13H8ClFN2O/c14-8-2-1-3-9(16)12(8)13-17-10-6-7(15)4-5-11(10)18-13/h1-6H,16H2. The predicted octanol–water partition coefficient (Wildman–Crippen LogP) is 3.87. The second-order valence-electron chi connectivity index (χ2n) is 3.84. The largest absolute Gasteiger partial charge is 0.436 e. The SMILES string of the molecule is Nc1cccc(Cl)c1-c1nc2cc(F)ccc2o1. The van der Waals surface area contributed by atoms with Gasteiger partial charge < -0.3 is 10.2 Å². The van der Waals surface area contributed by atoms with Crippen molar-refractivity contribution in [2.45, 2.75) is 0 Å².